The number of rotatable bonds is 4. The third-order valence-electron chi connectivity index (χ3n) is 2.94. The first-order chi connectivity index (χ1) is 7.34. The second kappa shape index (κ2) is 4.98. The Labute approximate surface area is 98.8 Å². The van der Waals surface area contributed by atoms with Gasteiger partial charge in [-0.3, -0.25) is 0 Å². The average Bonchev–Trinajstić information content (AvgIpc) is 2.15. The van der Waals surface area contributed by atoms with Crippen molar-refractivity contribution < 1.29 is 4.74 Å². The number of hydrogen-bond donors (Lipinski definition) is 1. The number of methoxy groups -OCH3 is 1. The molecule has 0 spiro atoms. The monoisotopic (exact) mass is 221 g/mol. The van der Waals surface area contributed by atoms with E-state index in [9.17, 15) is 0 Å². The Morgan fingerprint density at radius 2 is 1.69 bits per heavy atom. The second-order valence-electron chi connectivity index (χ2n) is 5.20. The van der Waals surface area contributed by atoms with Gasteiger partial charge in [0.05, 0.1) is 5.60 Å². The normalized spacial score (nSPS) is 13.9. The lowest BCUT2D eigenvalue weighted by Gasteiger charge is -2.27. The van der Waals surface area contributed by atoms with Crippen LogP contribution in [0.1, 0.15) is 43.0 Å². The first kappa shape index (κ1) is 13.2. The van der Waals surface area contributed by atoms with Crippen LogP contribution in [0.3, 0.4) is 0 Å². The van der Waals surface area contributed by atoms with E-state index < -0.39 is 0 Å². The third-order valence-corrected chi connectivity index (χ3v) is 2.94. The van der Waals surface area contributed by atoms with Crippen LogP contribution in [0.5, 0.6) is 0 Å². The molecule has 2 nitrogen and oxygen atoms in total. The Morgan fingerprint density at radius 1 is 1.19 bits per heavy atom. The number of benzene rings is 1. The molecule has 16 heavy (non-hydrogen) atoms. The summed E-state index contributed by atoms with van der Waals surface area (Å²) in [4.78, 5) is 0. The Balaban J connectivity index is 2.84. The van der Waals surface area contributed by atoms with Gasteiger partial charge in [0.1, 0.15) is 0 Å². The second-order valence-corrected chi connectivity index (χ2v) is 5.20. The molecule has 0 aromatic heterocycles. The Kier molecular flexibility index (Phi) is 4.11. The van der Waals surface area contributed by atoms with Crippen LogP contribution in [0.25, 0.3) is 0 Å². The summed E-state index contributed by atoms with van der Waals surface area (Å²) in [5.74, 6) is 0. The van der Waals surface area contributed by atoms with Crippen molar-refractivity contribution >= 4 is 0 Å². The molecule has 0 aliphatic heterocycles. The molecular weight excluding hydrogens is 198 g/mol. The van der Waals surface area contributed by atoms with E-state index in [1.807, 2.05) is 0 Å². The molecule has 0 saturated heterocycles. The highest BCUT2D eigenvalue weighted by atomic mass is 16.5. The van der Waals surface area contributed by atoms with Gasteiger partial charge in [-0.1, -0.05) is 29.3 Å². The van der Waals surface area contributed by atoms with Gasteiger partial charge in [0.15, 0.2) is 0 Å². The number of nitrogens with two attached hydrogens (primary N) is 1. The lowest BCUT2D eigenvalue weighted by atomic mass is 9.92. The lowest BCUT2D eigenvalue weighted by molar-refractivity contribution is 0.00994. The van der Waals surface area contributed by atoms with E-state index in [0.29, 0.717) is 0 Å². The molecule has 0 fully saturated rings. The quantitative estimate of drug-likeness (QED) is 0.848. The minimum atomic E-state index is -0.170. The Morgan fingerprint density at radius 3 is 2.12 bits per heavy atom. The van der Waals surface area contributed by atoms with Crippen molar-refractivity contribution in [3.63, 3.8) is 0 Å². The van der Waals surface area contributed by atoms with E-state index in [1.165, 1.54) is 16.7 Å². The molecule has 0 aliphatic rings. The van der Waals surface area contributed by atoms with Crippen molar-refractivity contribution in [2.45, 2.75) is 45.8 Å². The zero-order valence-electron chi connectivity index (χ0n) is 11.0. The summed E-state index contributed by atoms with van der Waals surface area (Å²) in [5.41, 5.74) is 9.77. The standard InChI is InChI=1S/C14H23NO/c1-10-6-11(2)8-12(7-10)13(15)9-14(3,4)16-5/h6-8,13H,9,15H2,1-5H3. The number of ether oxygens (including phenoxy) is 1. The van der Waals surface area contributed by atoms with Crippen LogP contribution in [0.15, 0.2) is 18.2 Å². The molecule has 0 bridgehead atoms. The van der Waals surface area contributed by atoms with Crippen LogP contribution < -0.4 is 5.73 Å². The van der Waals surface area contributed by atoms with Crippen molar-refractivity contribution in [2.24, 2.45) is 5.73 Å². The van der Waals surface area contributed by atoms with E-state index in [1.54, 1.807) is 7.11 Å². The molecule has 0 aliphatic carbocycles. The van der Waals surface area contributed by atoms with Crippen LogP contribution in [0.4, 0.5) is 0 Å². The number of hydrogen-bond acceptors (Lipinski definition) is 2. The van der Waals surface area contributed by atoms with Crippen LogP contribution in [-0.4, -0.2) is 12.7 Å². The molecular formula is C14H23NO. The fourth-order valence-corrected chi connectivity index (χ4v) is 1.95. The summed E-state index contributed by atoms with van der Waals surface area (Å²) < 4.78 is 5.41. The molecule has 1 aromatic carbocycles. The molecule has 0 amide bonds. The van der Waals surface area contributed by atoms with Crippen LogP contribution >= 0.6 is 0 Å². The largest absolute Gasteiger partial charge is 0.379 e. The van der Waals surface area contributed by atoms with Gasteiger partial charge in [-0.05, 0) is 39.7 Å². The molecule has 2 heteroatoms. The fourth-order valence-electron chi connectivity index (χ4n) is 1.95. The van der Waals surface area contributed by atoms with Crippen LogP contribution in [0.2, 0.25) is 0 Å². The van der Waals surface area contributed by atoms with Crippen LogP contribution in [-0.2, 0) is 4.74 Å². The van der Waals surface area contributed by atoms with Gasteiger partial charge >= 0.3 is 0 Å². The predicted octanol–water partition coefficient (Wildman–Crippen LogP) is 3.12. The van der Waals surface area contributed by atoms with Crippen molar-refractivity contribution in [1.82, 2.24) is 0 Å². The Hall–Kier alpha value is -0.860. The van der Waals surface area contributed by atoms with Crippen molar-refractivity contribution in [3.8, 4) is 0 Å². The lowest BCUT2D eigenvalue weighted by Crippen LogP contribution is -2.28. The highest BCUT2D eigenvalue weighted by Gasteiger charge is 2.21. The molecule has 90 valence electrons. The molecule has 0 saturated carbocycles. The molecule has 1 rings (SSSR count). The maximum Gasteiger partial charge on any atom is 0.0640 e. The molecule has 1 unspecified atom stereocenters. The summed E-state index contributed by atoms with van der Waals surface area (Å²) >= 11 is 0. The zero-order valence-corrected chi connectivity index (χ0v) is 11.0. The smallest absolute Gasteiger partial charge is 0.0640 e. The van der Waals surface area contributed by atoms with Gasteiger partial charge in [0.2, 0.25) is 0 Å². The zero-order chi connectivity index (χ0) is 12.3. The summed E-state index contributed by atoms with van der Waals surface area (Å²) in [7, 11) is 1.73. The van der Waals surface area contributed by atoms with Gasteiger partial charge < -0.3 is 10.5 Å². The van der Waals surface area contributed by atoms with Gasteiger partial charge in [-0.2, -0.15) is 0 Å². The van der Waals surface area contributed by atoms with E-state index in [2.05, 4.69) is 45.9 Å². The molecule has 2 N–H and O–H groups in total. The van der Waals surface area contributed by atoms with Crippen LogP contribution in [0, 0.1) is 13.8 Å². The highest BCUT2D eigenvalue weighted by molar-refractivity contribution is 5.30. The van der Waals surface area contributed by atoms with E-state index >= 15 is 0 Å². The van der Waals surface area contributed by atoms with E-state index in [-0.39, 0.29) is 11.6 Å². The average molecular weight is 221 g/mol. The molecule has 1 atom stereocenters. The minimum absolute atomic E-state index is 0.0357. The molecule has 1 aromatic rings. The summed E-state index contributed by atoms with van der Waals surface area (Å²) in [5, 5.41) is 0. The molecule has 0 radical (unpaired) electrons. The minimum Gasteiger partial charge on any atom is -0.379 e. The highest BCUT2D eigenvalue weighted by Crippen LogP contribution is 2.25. The first-order valence-corrected chi connectivity index (χ1v) is 5.73. The summed E-state index contributed by atoms with van der Waals surface area (Å²) in [6.07, 6.45) is 0.826. The van der Waals surface area contributed by atoms with Gasteiger partial charge in [0, 0.05) is 13.2 Å². The molecule has 0 heterocycles. The van der Waals surface area contributed by atoms with Gasteiger partial charge in [-0.15, -0.1) is 0 Å². The first-order valence-electron chi connectivity index (χ1n) is 5.73. The number of aryl methyl sites for hydroxylation is 2. The van der Waals surface area contributed by atoms with Gasteiger partial charge in [0.25, 0.3) is 0 Å². The van der Waals surface area contributed by atoms with E-state index in [0.717, 1.165) is 6.42 Å². The van der Waals surface area contributed by atoms with Gasteiger partial charge in [-0.25, -0.2) is 0 Å². The third kappa shape index (κ3) is 3.62. The maximum atomic E-state index is 6.21. The maximum absolute atomic E-state index is 6.21. The predicted molar refractivity (Wildman–Crippen MR) is 68.5 cm³/mol. The topological polar surface area (TPSA) is 35.2 Å². The fraction of sp³-hybridized carbons (Fsp3) is 0.571. The SMILES string of the molecule is COC(C)(C)CC(N)c1cc(C)cc(C)c1. The van der Waals surface area contributed by atoms with Crippen molar-refractivity contribution in [1.29, 1.82) is 0 Å². The van der Waals surface area contributed by atoms with E-state index in [4.69, 9.17) is 10.5 Å². The van der Waals surface area contributed by atoms with Crippen molar-refractivity contribution in [3.05, 3.63) is 34.9 Å². The summed E-state index contributed by atoms with van der Waals surface area (Å²) in [6.45, 7) is 8.33. The van der Waals surface area contributed by atoms with Crippen molar-refractivity contribution in [2.75, 3.05) is 7.11 Å². The summed E-state index contributed by atoms with van der Waals surface area (Å²) in [6, 6.07) is 6.51. The Bertz CT molecular complexity index is 338.